The number of carbonyl (C=O) groups is 2. The molecule has 0 bridgehead atoms. The maximum absolute atomic E-state index is 12.2. The van der Waals surface area contributed by atoms with E-state index in [9.17, 15) is 14.7 Å². The molecule has 2 N–H and O–H groups in total. The Morgan fingerprint density at radius 1 is 1.27 bits per heavy atom. The van der Waals surface area contributed by atoms with Crippen LogP contribution in [0.2, 0.25) is 0 Å². The van der Waals surface area contributed by atoms with Gasteiger partial charge in [-0.2, -0.15) is 0 Å². The molecule has 0 heterocycles. The predicted molar refractivity (Wildman–Crippen MR) is 86.1 cm³/mol. The molecule has 0 aliphatic heterocycles. The van der Waals surface area contributed by atoms with Gasteiger partial charge in [-0.25, -0.2) is 0 Å². The molecule has 2 amide bonds. The van der Waals surface area contributed by atoms with Crippen molar-refractivity contribution >= 4 is 11.8 Å². The van der Waals surface area contributed by atoms with Crippen LogP contribution in [0, 0.1) is 5.92 Å². The van der Waals surface area contributed by atoms with E-state index in [0.717, 1.165) is 0 Å². The van der Waals surface area contributed by atoms with Crippen molar-refractivity contribution in [1.29, 1.82) is 0 Å². The van der Waals surface area contributed by atoms with Gasteiger partial charge in [0.2, 0.25) is 11.8 Å². The Morgan fingerprint density at radius 3 is 2.41 bits per heavy atom. The molecule has 0 fully saturated rings. The lowest BCUT2D eigenvalue weighted by atomic mass is 9.92. The lowest BCUT2D eigenvalue weighted by molar-refractivity contribution is -0.135. The lowest BCUT2D eigenvalue weighted by Crippen LogP contribution is -2.39. The highest BCUT2D eigenvalue weighted by atomic mass is 16.3. The number of rotatable bonds is 7. The smallest absolute Gasteiger partial charge is 0.225 e. The molecule has 22 heavy (non-hydrogen) atoms. The van der Waals surface area contributed by atoms with Gasteiger partial charge in [0.1, 0.15) is 0 Å². The van der Waals surface area contributed by atoms with Crippen molar-refractivity contribution in [3.8, 4) is 0 Å². The highest BCUT2D eigenvalue weighted by Gasteiger charge is 2.27. The van der Waals surface area contributed by atoms with Gasteiger partial charge in [-0.3, -0.25) is 9.59 Å². The van der Waals surface area contributed by atoms with E-state index >= 15 is 0 Å². The molecule has 0 aromatic heterocycles. The molecule has 1 rings (SSSR count). The van der Waals surface area contributed by atoms with Gasteiger partial charge in [-0.15, -0.1) is 0 Å². The van der Waals surface area contributed by atoms with Crippen LogP contribution in [-0.4, -0.2) is 42.0 Å². The number of likely N-dealkylation sites (N-methyl/N-ethyl adjacent to an activating group) is 1. The second kappa shape index (κ2) is 7.94. The zero-order valence-corrected chi connectivity index (χ0v) is 13.8. The average molecular weight is 306 g/mol. The number of hydrogen-bond acceptors (Lipinski definition) is 3. The lowest BCUT2D eigenvalue weighted by Gasteiger charge is -2.26. The van der Waals surface area contributed by atoms with Crippen molar-refractivity contribution in [2.45, 2.75) is 32.8 Å². The number of amides is 2. The summed E-state index contributed by atoms with van der Waals surface area (Å²) in [7, 11) is 1.67. The third kappa shape index (κ3) is 5.48. The van der Waals surface area contributed by atoms with E-state index in [1.807, 2.05) is 32.0 Å². The Bertz CT molecular complexity index is 498. The highest BCUT2D eigenvalue weighted by Crippen LogP contribution is 2.24. The second-order valence-corrected chi connectivity index (χ2v) is 6.08. The summed E-state index contributed by atoms with van der Waals surface area (Å²) in [6.45, 7) is 6.10. The molecule has 5 heteroatoms. The Hall–Kier alpha value is -1.88. The van der Waals surface area contributed by atoms with Crippen LogP contribution < -0.4 is 5.32 Å². The number of nitrogens with one attached hydrogen (secondary N) is 1. The van der Waals surface area contributed by atoms with Crippen molar-refractivity contribution in [2.24, 2.45) is 5.92 Å². The van der Waals surface area contributed by atoms with E-state index in [-0.39, 0.29) is 24.2 Å². The molecule has 5 nitrogen and oxygen atoms in total. The number of aliphatic hydroxyl groups is 1. The van der Waals surface area contributed by atoms with E-state index in [2.05, 4.69) is 5.32 Å². The molecule has 0 saturated heterocycles. The van der Waals surface area contributed by atoms with Gasteiger partial charge in [-0.05, 0) is 12.5 Å². The molecule has 0 aliphatic carbocycles. The third-order valence-electron chi connectivity index (χ3n) is 3.59. The first-order valence-electron chi connectivity index (χ1n) is 7.53. The number of benzene rings is 1. The van der Waals surface area contributed by atoms with Crippen LogP contribution in [0.4, 0.5) is 0 Å². The van der Waals surface area contributed by atoms with Crippen LogP contribution in [0.25, 0.3) is 0 Å². The first-order chi connectivity index (χ1) is 10.2. The molecular weight excluding hydrogens is 280 g/mol. The van der Waals surface area contributed by atoms with Crippen molar-refractivity contribution in [3.05, 3.63) is 35.9 Å². The number of hydrogen-bond donors (Lipinski definition) is 2. The van der Waals surface area contributed by atoms with Crippen molar-refractivity contribution in [3.63, 3.8) is 0 Å². The Morgan fingerprint density at radius 2 is 1.86 bits per heavy atom. The van der Waals surface area contributed by atoms with Crippen LogP contribution in [0.15, 0.2) is 30.3 Å². The minimum Gasteiger partial charge on any atom is -0.385 e. The van der Waals surface area contributed by atoms with E-state index < -0.39 is 5.60 Å². The topological polar surface area (TPSA) is 69.6 Å². The summed E-state index contributed by atoms with van der Waals surface area (Å²) in [5.41, 5.74) is -0.488. The molecular formula is C17H26N2O3. The zero-order chi connectivity index (χ0) is 16.8. The summed E-state index contributed by atoms with van der Waals surface area (Å²) < 4.78 is 0. The van der Waals surface area contributed by atoms with Crippen molar-refractivity contribution in [2.75, 3.05) is 20.1 Å². The fourth-order valence-corrected chi connectivity index (χ4v) is 2.00. The van der Waals surface area contributed by atoms with Crippen LogP contribution in [-0.2, 0) is 15.2 Å². The van der Waals surface area contributed by atoms with E-state index in [1.54, 1.807) is 26.1 Å². The summed E-state index contributed by atoms with van der Waals surface area (Å²) in [5.74, 6) is -0.260. The highest BCUT2D eigenvalue weighted by molar-refractivity contribution is 5.78. The van der Waals surface area contributed by atoms with Crippen molar-refractivity contribution < 1.29 is 14.7 Å². The summed E-state index contributed by atoms with van der Waals surface area (Å²) >= 11 is 0. The van der Waals surface area contributed by atoms with E-state index in [0.29, 0.717) is 18.7 Å². The first kappa shape index (κ1) is 18.2. The van der Waals surface area contributed by atoms with Gasteiger partial charge in [0.25, 0.3) is 0 Å². The van der Waals surface area contributed by atoms with Crippen molar-refractivity contribution in [1.82, 2.24) is 10.2 Å². The Balaban J connectivity index is 2.49. The van der Waals surface area contributed by atoms with Gasteiger partial charge in [0, 0.05) is 26.1 Å². The molecule has 1 atom stereocenters. The van der Waals surface area contributed by atoms with Gasteiger partial charge in [0.15, 0.2) is 0 Å². The molecule has 0 radical (unpaired) electrons. The average Bonchev–Trinajstić information content (AvgIpc) is 2.47. The van der Waals surface area contributed by atoms with Gasteiger partial charge in [0.05, 0.1) is 12.0 Å². The fraction of sp³-hybridized carbons (Fsp3) is 0.529. The molecule has 0 spiro atoms. The van der Waals surface area contributed by atoms with Gasteiger partial charge in [-0.1, -0.05) is 44.2 Å². The minimum atomic E-state index is -1.20. The fourth-order valence-electron chi connectivity index (χ4n) is 2.00. The standard InChI is InChI=1S/C17H26N2O3/c1-13(2)16(21)18-10-11-19(4)15(20)12-17(3,22)14-8-6-5-7-9-14/h5-9,13,22H,10-12H2,1-4H3,(H,18,21). The quantitative estimate of drug-likeness (QED) is 0.802. The van der Waals surface area contributed by atoms with Crippen LogP contribution in [0.3, 0.4) is 0 Å². The Kier molecular flexibility index (Phi) is 6.56. The molecule has 0 saturated carbocycles. The molecule has 1 aromatic rings. The third-order valence-corrected chi connectivity index (χ3v) is 3.59. The Labute approximate surface area is 132 Å². The molecule has 122 valence electrons. The molecule has 1 unspecified atom stereocenters. The van der Waals surface area contributed by atoms with Crippen LogP contribution in [0.5, 0.6) is 0 Å². The normalized spacial score (nSPS) is 13.5. The summed E-state index contributed by atoms with van der Waals surface area (Å²) in [6, 6.07) is 9.14. The maximum Gasteiger partial charge on any atom is 0.225 e. The largest absolute Gasteiger partial charge is 0.385 e. The minimum absolute atomic E-state index is 0.00560. The molecule has 1 aromatic carbocycles. The predicted octanol–water partition coefficient (Wildman–Crippen LogP) is 1.51. The van der Waals surface area contributed by atoms with Gasteiger partial charge >= 0.3 is 0 Å². The van der Waals surface area contributed by atoms with E-state index in [1.165, 1.54) is 4.90 Å². The van der Waals surface area contributed by atoms with Gasteiger partial charge < -0.3 is 15.3 Å². The molecule has 0 aliphatic rings. The summed E-state index contributed by atoms with van der Waals surface area (Å²) in [6.07, 6.45) is 0.00560. The van der Waals surface area contributed by atoms with Crippen LogP contribution >= 0.6 is 0 Å². The monoisotopic (exact) mass is 306 g/mol. The van der Waals surface area contributed by atoms with Crippen LogP contribution in [0.1, 0.15) is 32.8 Å². The zero-order valence-electron chi connectivity index (χ0n) is 13.8. The first-order valence-corrected chi connectivity index (χ1v) is 7.53. The summed E-state index contributed by atoms with van der Waals surface area (Å²) in [4.78, 5) is 25.2. The van der Waals surface area contributed by atoms with E-state index in [4.69, 9.17) is 0 Å². The number of carbonyl (C=O) groups excluding carboxylic acids is 2. The number of nitrogens with zero attached hydrogens (tertiary/aromatic N) is 1. The maximum atomic E-state index is 12.2. The second-order valence-electron chi connectivity index (χ2n) is 6.08. The SMILES string of the molecule is CC(C)C(=O)NCCN(C)C(=O)CC(C)(O)c1ccccc1. The summed E-state index contributed by atoms with van der Waals surface area (Å²) in [5, 5.41) is 13.2.